The fourth-order valence-electron chi connectivity index (χ4n) is 4.25. The van der Waals surface area contributed by atoms with Crippen LogP contribution in [-0.2, 0) is 0 Å². The molecule has 0 aliphatic heterocycles. The largest absolute Gasteiger partial charge is 0.312 e. The van der Waals surface area contributed by atoms with E-state index in [1.165, 1.54) is 23.9 Å². The summed E-state index contributed by atoms with van der Waals surface area (Å²) < 4.78 is 17.9. The number of fused-ring (bicyclic) bond motifs is 1. The minimum absolute atomic E-state index is 0.000270. The highest BCUT2D eigenvalue weighted by atomic mass is 32.2. The van der Waals surface area contributed by atoms with Gasteiger partial charge < -0.3 is 5.41 Å². The van der Waals surface area contributed by atoms with Crippen LogP contribution in [0.5, 0.6) is 0 Å². The van der Waals surface area contributed by atoms with Crippen LogP contribution in [0.4, 0.5) is 10.1 Å². The highest BCUT2D eigenvalue weighted by molar-refractivity contribution is 7.99. The normalized spacial score (nSPS) is 29.2. The highest BCUT2D eigenvalue weighted by Crippen LogP contribution is 2.54. The molecule has 3 unspecified atom stereocenters. The molecule has 0 saturated heterocycles. The second kappa shape index (κ2) is 8.32. The SMILES string of the molecule is CC(C)(C)SN=CCC1CCC2=CC(=Nc3ccc(F)cc3)C(C=N)CC21C. The molecule has 0 heterocycles. The van der Waals surface area contributed by atoms with E-state index in [0.717, 1.165) is 37.1 Å². The molecule has 0 radical (unpaired) electrons. The van der Waals surface area contributed by atoms with E-state index in [1.807, 2.05) is 0 Å². The van der Waals surface area contributed by atoms with Gasteiger partial charge in [0, 0.05) is 28.8 Å². The zero-order valence-corrected chi connectivity index (χ0v) is 18.0. The standard InChI is InChI=1S/C23H30FN3S/c1-22(2,3)28-26-12-11-17-5-6-18-13-21(16(15-25)14-23(17,18)4)27-20-9-7-19(24)8-10-20/h7-10,12-13,15-17,25H,5-6,11,14H2,1-4H3. The third kappa shape index (κ3) is 4.80. The zero-order chi connectivity index (χ0) is 20.4. The fraction of sp³-hybridized carbons (Fsp3) is 0.522. The lowest BCUT2D eigenvalue weighted by Crippen LogP contribution is -2.34. The first-order valence-corrected chi connectivity index (χ1v) is 10.7. The Hall–Kier alpha value is -1.75. The monoisotopic (exact) mass is 399 g/mol. The number of nitrogens with one attached hydrogen (secondary N) is 1. The zero-order valence-electron chi connectivity index (χ0n) is 17.2. The Morgan fingerprint density at radius 1 is 1.29 bits per heavy atom. The van der Waals surface area contributed by atoms with E-state index in [-0.39, 0.29) is 21.9 Å². The van der Waals surface area contributed by atoms with Crippen LogP contribution in [-0.4, -0.2) is 22.9 Å². The smallest absolute Gasteiger partial charge is 0.123 e. The molecule has 3 rings (SSSR count). The van der Waals surface area contributed by atoms with Crippen molar-refractivity contribution in [3.8, 4) is 0 Å². The Morgan fingerprint density at radius 3 is 2.64 bits per heavy atom. The van der Waals surface area contributed by atoms with Gasteiger partial charge in [-0.25, -0.2) is 8.79 Å². The van der Waals surface area contributed by atoms with Crippen LogP contribution in [0.15, 0.2) is 45.3 Å². The molecule has 1 saturated carbocycles. The maximum absolute atomic E-state index is 13.2. The summed E-state index contributed by atoms with van der Waals surface area (Å²) in [6.07, 6.45) is 9.91. The molecule has 2 aliphatic carbocycles. The van der Waals surface area contributed by atoms with Crippen molar-refractivity contribution in [2.24, 2.45) is 26.6 Å². The van der Waals surface area contributed by atoms with Gasteiger partial charge in [0.25, 0.3) is 0 Å². The van der Waals surface area contributed by atoms with Crippen LogP contribution in [0.3, 0.4) is 0 Å². The number of hydrogen-bond donors (Lipinski definition) is 1. The number of hydrogen-bond acceptors (Lipinski definition) is 4. The van der Waals surface area contributed by atoms with E-state index in [0.29, 0.717) is 5.92 Å². The predicted octanol–water partition coefficient (Wildman–Crippen LogP) is 6.82. The average Bonchev–Trinajstić information content (AvgIpc) is 2.95. The predicted molar refractivity (Wildman–Crippen MR) is 120 cm³/mol. The lowest BCUT2D eigenvalue weighted by Gasteiger charge is -2.38. The maximum Gasteiger partial charge on any atom is 0.123 e. The van der Waals surface area contributed by atoms with Gasteiger partial charge in [-0.05, 0) is 100 Å². The third-order valence-electron chi connectivity index (χ3n) is 5.82. The van der Waals surface area contributed by atoms with Crippen molar-refractivity contribution < 1.29 is 4.39 Å². The van der Waals surface area contributed by atoms with Crippen LogP contribution in [0, 0.1) is 28.5 Å². The summed E-state index contributed by atoms with van der Waals surface area (Å²) in [5.74, 6) is 0.297. The van der Waals surface area contributed by atoms with Crippen molar-refractivity contribution in [1.82, 2.24) is 0 Å². The van der Waals surface area contributed by atoms with Gasteiger partial charge in [0.15, 0.2) is 0 Å². The second-order valence-electron chi connectivity index (χ2n) is 9.04. The summed E-state index contributed by atoms with van der Waals surface area (Å²) in [6.45, 7) is 8.85. The minimum Gasteiger partial charge on any atom is -0.312 e. The Bertz CT molecular complexity index is 804. The quantitative estimate of drug-likeness (QED) is 0.429. The van der Waals surface area contributed by atoms with E-state index >= 15 is 0 Å². The van der Waals surface area contributed by atoms with Crippen molar-refractivity contribution in [3.05, 3.63) is 41.7 Å². The van der Waals surface area contributed by atoms with Crippen LogP contribution in [0.25, 0.3) is 0 Å². The molecule has 0 bridgehead atoms. The topological polar surface area (TPSA) is 48.6 Å². The van der Waals surface area contributed by atoms with E-state index in [4.69, 9.17) is 10.4 Å². The minimum atomic E-state index is -0.257. The lowest BCUT2D eigenvalue weighted by atomic mass is 9.66. The van der Waals surface area contributed by atoms with E-state index in [2.05, 4.69) is 44.4 Å². The van der Waals surface area contributed by atoms with Crippen LogP contribution >= 0.6 is 11.9 Å². The molecule has 3 nitrogen and oxygen atoms in total. The van der Waals surface area contributed by atoms with Gasteiger partial charge >= 0.3 is 0 Å². The van der Waals surface area contributed by atoms with E-state index in [1.54, 1.807) is 24.1 Å². The fourth-order valence-corrected chi connectivity index (χ4v) is 4.72. The number of aliphatic imine (C=N–C) groups is 1. The van der Waals surface area contributed by atoms with Crippen molar-refractivity contribution in [2.45, 2.75) is 58.1 Å². The van der Waals surface area contributed by atoms with Gasteiger partial charge in [-0.1, -0.05) is 12.5 Å². The van der Waals surface area contributed by atoms with Gasteiger partial charge in [0.05, 0.1) is 5.69 Å². The molecule has 150 valence electrons. The molecule has 0 aromatic heterocycles. The van der Waals surface area contributed by atoms with Gasteiger partial charge in [0.2, 0.25) is 0 Å². The van der Waals surface area contributed by atoms with Crippen molar-refractivity contribution in [1.29, 1.82) is 5.41 Å². The van der Waals surface area contributed by atoms with Crippen molar-refractivity contribution in [3.63, 3.8) is 0 Å². The molecular weight excluding hydrogens is 369 g/mol. The first-order valence-electron chi connectivity index (χ1n) is 9.97. The Morgan fingerprint density at radius 2 is 2.00 bits per heavy atom. The third-order valence-corrected chi connectivity index (χ3v) is 6.62. The highest BCUT2D eigenvalue weighted by Gasteiger charge is 2.46. The Kier molecular flexibility index (Phi) is 6.23. The molecule has 28 heavy (non-hydrogen) atoms. The summed E-state index contributed by atoms with van der Waals surface area (Å²) in [5, 5.41) is 7.94. The van der Waals surface area contributed by atoms with Gasteiger partial charge in [-0.3, -0.25) is 4.99 Å². The van der Waals surface area contributed by atoms with E-state index < -0.39 is 0 Å². The molecule has 1 fully saturated rings. The van der Waals surface area contributed by atoms with Gasteiger partial charge in [-0.15, -0.1) is 0 Å². The van der Waals surface area contributed by atoms with Crippen molar-refractivity contribution in [2.75, 3.05) is 0 Å². The summed E-state index contributed by atoms with van der Waals surface area (Å²) in [5.41, 5.74) is 3.20. The molecule has 1 aromatic carbocycles. The summed E-state index contributed by atoms with van der Waals surface area (Å²) >= 11 is 1.63. The molecule has 0 spiro atoms. The number of nitrogens with zero attached hydrogens (tertiary/aromatic N) is 2. The Labute approximate surface area is 172 Å². The summed E-state index contributed by atoms with van der Waals surface area (Å²) in [6, 6.07) is 6.24. The molecule has 2 aliphatic rings. The molecule has 0 amide bonds. The molecule has 1 aromatic rings. The molecule has 1 N–H and O–H groups in total. The van der Waals surface area contributed by atoms with Crippen LogP contribution < -0.4 is 0 Å². The first kappa shape index (κ1) is 21.0. The molecule has 3 atom stereocenters. The Balaban J connectivity index is 1.79. The number of benzene rings is 1. The number of halogens is 1. The first-order chi connectivity index (χ1) is 13.2. The van der Waals surface area contributed by atoms with Crippen LogP contribution in [0.1, 0.15) is 53.4 Å². The number of allylic oxidation sites excluding steroid dienone is 2. The maximum atomic E-state index is 13.2. The summed E-state index contributed by atoms with van der Waals surface area (Å²) in [4.78, 5) is 4.72. The number of rotatable bonds is 5. The second-order valence-corrected chi connectivity index (χ2v) is 10.7. The average molecular weight is 400 g/mol. The van der Waals surface area contributed by atoms with Crippen molar-refractivity contribution >= 4 is 35.8 Å². The summed E-state index contributed by atoms with van der Waals surface area (Å²) in [7, 11) is 0. The molecule has 5 heteroatoms. The van der Waals surface area contributed by atoms with E-state index in [9.17, 15) is 4.39 Å². The van der Waals surface area contributed by atoms with Gasteiger partial charge in [-0.2, -0.15) is 0 Å². The molecular formula is C23H30FN3S. The van der Waals surface area contributed by atoms with Gasteiger partial charge in [0.1, 0.15) is 5.82 Å². The van der Waals surface area contributed by atoms with Crippen LogP contribution in [0.2, 0.25) is 0 Å². The lowest BCUT2D eigenvalue weighted by molar-refractivity contribution is 0.253.